The average molecular weight is 297 g/mol. The van der Waals surface area contributed by atoms with Crippen LogP contribution in [-0.4, -0.2) is 29.0 Å². The van der Waals surface area contributed by atoms with E-state index in [-0.39, 0.29) is 18.1 Å². The molecule has 0 aromatic carbocycles. The molecule has 1 saturated carbocycles. The molecule has 2 aliphatic rings. The molecule has 4 heteroatoms. The maximum atomic E-state index is 10.1. The van der Waals surface area contributed by atoms with Gasteiger partial charge in [0.15, 0.2) is 0 Å². The molecule has 4 nitrogen and oxygen atoms in total. The van der Waals surface area contributed by atoms with E-state index in [1.165, 1.54) is 6.42 Å². The van der Waals surface area contributed by atoms with Gasteiger partial charge in [-0.1, -0.05) is 31.1 Å². The predicted octanol–water partition coefficient (Wildman–Crippen LogP) is 2.79. The van der Waals surface area contributed by atoms with E-state index in [0.717, 1.165) is 37.2 Å². The summed E-state index contributed by atoms with van der Waals surface area (Å²) in [5.74, 6) is 0.166. The van der Waals surface area contributed by atoms with Crippen LogP contribution in [0.25, 0.3) is 0 Å². The molecule has 3 unspecified atom stereocenters. The van der Waals surface area contributed by atoms with Gasteiger partial charge in [-0.25, -0.2) is 0 Å². The molecule has 0 bridgehead atoms. The highest BCUT2D eigenvalue weighted by Crippen LogP contribution is 2.27. The van der Waals surface area contributed by atoms with Crippen LogP contribution in [0.1, 0.15) is 37.4 Å². The molecule has 1 aliphatic carbocycles. The van der Waals surface area contributed by atoms with Gasteiger partial charge < -0.3 is 10.4 Å². The molecule has 2 N–H and O–H groups in total. The van der Waals surface area contributed by atoms with Crippen LogP contribution < -0.4 is 5.32 Å². The standard InChI is InChI=1S/C18H23N3O/c22-17-10-2-1-7-14(17)13-21-18(15-8-3-5-11-19-15)16-9-4-6-12-20-16/h3-6,8-9,11,13-14,17-18,20,22H,1-2,7,10,12H2. The summed E-state index contributed by atoms with van der Waals surface area (Å²) in [5.41, 5.74) is 1.99. The Labute approximate surface area is 131 Å². The summed E-state index contributed by atoms with van der Waals surface area (Å²) in [6.45, 7) is 0.816. The van der Waals surface area contributed by atoms with Crippen LogP contribution in [0.5, 0.6) is 0 Å². The van der Waals surface area contributed by atoms with Crippen molar-refractivity contribution in [3.05, 3.63) is 54.0 Å². The molecular weight excluding hydrogens is 274 g/mol. The lowest BCUT2D eigenvalue weighted by Gasteiger charge is -2.25. The van der Waals surface area contributed by atoms with Crippen LogP contribution in [0.2, 0.25) is 0 Å². The zero-order valence-electron chi connectivity index (χ0n) is 12.7. The number of nitrogens with one attached hydrogen (secondary N) is 1. The first-order chi connectivity index (χ1) is 10.8. The Morgan fingerprint density at radius 1 is 1.32 bits per heavy atom. The van der Waals surface area contributed by atoms with E-state index in [2.05, 4.69) is 22.5 Å². The molecule has 22 heavy (non-hydrogen) atoms. The maximum Gasteiger partial charge on any atom is 0.131 e. The average Bonchev–Trinajstić information content (AvgIpc) is 2.59. The summed E-state index contributed by atoms with van der Waals surface area (Å²) in [6, 6.07) is 5.78. The molecular formula is C18H23N3O. The number of dihydropyridines is 1. The molecule has 0 amide bonds. The predicted molar refractivity (Wildman–Crippen MR) is 88.7 cm³/mol. The van der Waals surface area contributed by atoms with Crippen molar-refractivity contribution in [1.29, 1.82) is 0 Å². The van der Waals surface area contributed by atoms with Crippen LogP contribution in [0.4, 0.5) is 0 Å². The second-order valence-corrected chi connectivity index (χ2v) is 5.90. The number of aliphatic hydroxyl groups is 1. The van der Waals surface area contributed by atoms with Crippen molar-refractivity contribution in [3.8, 4) is 0 Å². The van der Waals surface area contributed by atoms with Crippen molar-refractivity contribution < 1.29 is 5.11 Å². The summed E-state index contributed by atoms with van der Waals surface area (Å²) in [5, 5.41) is 13.5. The minimum atomic E-state index is -0.255. The molecule has 1 aliphatic heterocycles. The minimum absolute atomic E-state index is 0.125. The fourth-order valence-corrected chi connectivity index (χ4v) is 3.03. The molecule has 1 aromatic heterocycles. The van der Waals surface area contributed by atoms with Crippen molar-refractivity contribution in [1.82, 2.24) is 10.3 Å². The first-order valence-corrected chi connectivity index (χ1v) is 8.07. The highest BCUT2D eigenvalue weighted by molar-refractivity contribution is 5.62. The Kier molecular flexibility index (Phi) is 5.01. The van der Waals surface area contributed by atoms with E-state index in [1.54, 1.807) is 6.20 Å². The van der Waals surface area contributed by atoms with E-state index in [0.29, 0.717) is 0 Å². The van der Waals surface area contributed by atoms with Gasteiger partial charge in [0.05, 0.1) is 11.8 Å². The molecule has 2 heterocycles. The first-order valence-electron chi connectivity index (χ1n) is 8.07. The van der Waals surface area contributed by atoms with Gasteiger partial charge in [0, 0.05) is 30.6 Å². The lowest BCUT2D eigenvalue weighted by atomic mass is 9.87. The van der Waals surface area contributed by atoms with Crippen molar-refractivity contribution in [2.24, 2.45) is 10.9 Å². The Balaban J connectivity index is 1.82. The lowest BCUT2D eigenvalue weighted by molar-refractivity contribution is 0.103. The number of hydrogen-bond donors (Lipinski definition) is 2. The van der Waals surface area contributed by atoms with Crippen LogP contribution in [0.3, 0.4) is 0 Å². The van der Waals surface area contributed by atoms with Gasteiger partial charge in [0.2, 0.25) is 0 Å². The zero-order chi connectivity index (χ0) is 15.2. The Bertz CT molecular complexity index is 565. The Morgan fingerprint density at radius 3 is 2.95 bits per heavy atom. The number of aliphatic imine (C=N–C) groups is 1. The quantitative estimate of drug-likeness (QED) is 0.840. The lowest BCUT2D eigenvalue weighted by Crippen LogP contribution is -2.26. The van der Waals surface area contributed by atoms with Crippen LogP contribution in [0.15, 0.2) is 53.3 Å². The summed E-state index contributed by atoms with van der Waals surface area (Å²) in [6.07, 6.45) is 13.9. The molecule has 0 spiro atoms. The fraction of sp³-hybridized carbons (Fsp3) is 0.444. The van der Waals surface area contributed by atoms with Gasteiger partial charge in [0.25, 0.3) is 0 Å². The number of allylic oxidation sites excluding steroid dienone is 2. The number of nitrogens with zero attached hydrogens (tertiary/aromatic N) is 2. The number of hydrogen-bond acceptors (Lipinski definition) is 4. The topological polar surface area (TPSA) is 57.5 Å². The highest BCUT2D eigenvalue weighted by atomic mass is 16.3. The molecule has 0 radical (unpaired) electrons. The zero-order valence-corrected chi connectivity index (χ0v) is 12.7. The van der Waals surface area contributed by atoms with Crippen LogP contribution in [0, 0.1) is 5.92 Å². The highest BCUT2D eigenvalue weighted by Gasteiger charge is 2.23. The van der Waals surface area contributed by atoms with Gasteiger partial charge in [-0.05, 0) is 31.1 Å². The summed E-state index contributed by atoms with van der Waals surface area (Å²) in [7, 11) is 0. The third kappa shape index (κ3) is 3.63. The van der Waals surface area contributed by atoms with Crippen LogP contribution in [-0.2, 0) is 0 Å². The second kappa shape index (κ2) is 7.36. The smallest absolute Gasteiger partial charge is 0.131 e. The van der Waals surface area contributed by atoms with Gasteiger partial charge >= 0.3 is 0 Å². The molecule has 116 valence electrons. The molecule has 0 saturated heterocycles. The molecule has 3 rings (SSSR count). The molecule has 1 fully saturated rings. The van der Waals surface area contributed by atoms with Crippen molar-refractivity contribution in [2.45, 2.75) is 37.8 Å². The largest absolute Gasteiger partial charge is 0.392 e. The SMILES string of the molecule is OC1CCCCC1C=NC(C1=CC=CCN1)c1ccccn1. The van der Waals surface area contributed by atoms with E-state index in [9.17, 15) is 5.11 Å². The normalized spacial score (nSPS) is 26.5. The molecule has 3 atom stereocenters. The second-order valence-electron chi connectivity index (χ2n) is 5.90. The number of aliphatic hydroxyl groups excluding tert-OH is 1. The van der Waals surface area contributed by atoms with Crippen molar-refractivity contribution in [3.63, 3.8) is 0 Å². The Morgan fingerprint density at radius 2 is 2.23 bits per heavy atom. The van der Waals surface area contributed by atoms with Crippen molar-refractivity contribution >= 4 is 6.21 Å². The summed E-state index contributed by atoms with van der Waals surface area (Å²) >= 11 is 0. The maximum absolute atomic E-state index is 10.1. The van der Waals surface area contributed by atoms with E-state index >= 15 is 0 Å². The number of pyridine rings is 1. The monoisotopic (exact) mass is 297 g/mol. The number of aromatic nitrogens is 1. The summed E-state index contributed by atoms with van der Waals surface area (Å²) < 4.78 is 0. The minimum Gasteiger partial charge on any atom is -0.392 e. The fourth-order valence-electron chi connectivity index (χ4n) is 3.03. The van der Waals surface area contributed by atoms with E-state index in [4.69, 9.17) is 4.99 Å². The summed E-state index contributed by atoms with van der Waals surface area (Å²) in [4.78, 5) is 9.24. The van der Waals surface area contributed by atoms with Gasteiger partial charge in [-0.2, -0.15) is 0 Å². The molecule has 1 aromatic rings. The Hall–Kier alpha value is -1.94. The van der Waals surface area contributed by atoms with Gasteiger partial charge in [-0.15, -0.1) is 0 Å². The third-order valence-corrected chi connectivity index (χ3v) is 4.31. The van der Waals surface area contributed by atoms with E-state index < -0.39 is 0 Å². The van der Waals surface area contributed by atoms with Crippen molar-refractivity contribution in [2.75, 3.05) is 6.54 Å². The first kappa shape index (κ1) is 15.0. The van der Waals surface area contributed by atoms with E-state index in [1.807, 2.05) is 30.5 Å². The third-order valence-electron chi connectivity index (χ3n) is 4.31. The van der Waals surface area contributed by atoms with Crippen LogP contribution >= 0.6 is 0 Å². The van der Waals surface area contributed by atoms with Gasteiger partial charge in [0.1, 0.15) is 6.04 Å². The number of rotatable bonds is 4. The van der Waals surface area contributed by atoms with Gasteiger partial charge in [-0.3, -0.25) is 9.98 Å².